The minimum Gasteiger partial charge on any atom is -0.460 e. The number of aliphatic hydroxyl groups is 3. The van der Waals surface area contributed by atoms with Gasteiger partial charge >= 0.3 is 11.9 Å². The smallest absolute Gasteiger partial charge is 0.329 e. The number of allylic oxidation sites excluding steroid dienone is 6. The minimum atomic E-state index is -2.46. The van der Waals surface area contributed by atoms with Crippen molar-refractivity contribution in [2.75, 3.05) is 41.1 Å². The Balaban J connectivity index is 1.74. The number of hydrogen-bond donors (Lipinski definition) is 3. The van der Waals surface area contributed by atoms with E-state index < -0.39 is 120 Å². The summed E-state index contributed by atoms with van der Waals surface area (Å²) >= 11 is 0. The second-order valence-corrected chi connectivity index (χ2v) is 23.0. The number of carbonyl (C=O) groups excluding carboxylic acids is 6. The maximum absolute atomic E-state index is 14.7. The zero-order valence-electron chi connectivity index (χ0n) is 47.8. The summed E-state index contributed by atoms with van der Waals surface area (Å²) in [5, 5.41) is 31.7. The van der Waals surface area contributed by atoms with Crippen molar-refractivity contribution < 1.29 is 77.2 Å². The topological polar surface area (TPSA) is 231 Å². The second kappa shape index (κ2) is 29.9. The molecule has 4 rings (SSSR count). The number of ketones is 3. The van der Waals surface area contributed by atoms with Crippen LogP contribution < -0.4 is 0 Å². The summed E-state index contributed by atoms with van der Waals surface area (Å²) in [6.45, 7) is 17.0. The van der Waals surface area contributed by atoms with Gasteiger partial charge in [-0.05, 0) is 128 Å². The Hall–Kier alpha value is -3.94. The van der Waals surface area contributed by atoms with Gasteiger partial charge in [-0.1, -0.05) is 71.1 Å². The Kier molecular flexibility index (Phi) is 25.4. The second-order valence-electron chi connectivity index (χ2n) is 23.0. The largest absolute Gasteiger partial charge is 0.460 e. The molecule has 3 heterocycles. The van der Waals surface area contributed by atoms with Gasteiger partial charge in [-0.2, -0.15) is 0 Å². The highest BCUT2D eigenvalue weighted by molar-refractivity contribution is 6.39. The number of aliphatic hydroxyl groups excluding tert-OH is 2. The lowest BCUT2D eigenvalue weighted by Gasteiger charge is -2.42. The average molecular weight is 1070 g/mol. The molecule has 1 saturated carbocycles. The number of fused-ring (bicyclic) bond motifs is 3. The van der Waals surface area contributed by atoms with Crippen LogP contribution in [0, 0.1) is 40.9 Å². The third-order valence-corrected chi connectivity index (χ3v) is 16.3. The Morgan fingerprint density at radius 2 is 1.53 bits per heavy atom. The first-order valence-electron chi connectivity index (χ1n) is 27.8. The van der Waals surface area contributed by atoms with E-state index in [0.717, 1.165) is 5.57 Å². The summed E-state index contributed by atoms with van der Waals surface area (Å²) in [6, 6.07) is -1.19. The lowest BCUT2D eigenvalue weighted by molar-refractivity contribution is -0.265. The first-order valence-corrected chi connectivity index (χ1v) is 27.8. The number of carbonyl (C=O) groups is 6. The lowest BCUT2D eigenvalue weighted by atomic mass is 9.78. The molecule has 3 aliphatic heterocycles. The number of methoxy groups -OCH3 is 3. The summed E-state index contributed by atoms with van der Waals surface area (Å²) in [5.74, 6) is -8.87. The molecule has 1 amide bonds. The average Bonchev–Trinajstić information content (AvgIpc) is 3.39. The summed E-state index contributed by atoms with van der Waals surface area (Å²) in [5.41, 5.74) is 0.0124. The summed E-state index contributed by atoms with van der Waals surface area (Å²) in [7, 11) is 4.57. The fourth-order valence-electron chi connectivity index (χ4n) is 11.1. The fourth-order valence-corrected chi connectivity index (χ4v) is 11.1. The molecule has 0 radical (unpaired) electrons. The molecule has 76 heavy (non-hydrogen) atoms. The number of cyclic esters (lactones) is 1. The number of hydrogen-bond acceptors (Lipinski definition) is 16. The van der Waals surface area contributed by atoms with Gasteiger partial charge in [0, 0.05) is 58.5 Å². The van der Waals surface area contributed by atoms with Crippen LogP contribution in [0.25, 0.3) is 0 Å². The lowest BCUT2D eigenvalue weighted by Crippen LogP contribution is -2.61. The third-order valence-electron chi connectivity index (χ3n) is 16.3. The zero-order valence-corrected chi connectivity index (χ0v) is 47.8. The van der Waals surface area contributed by atoms with Gasteiger partial charge in [0.25, 0.3) is 11.7 Å². The van der Waals surface area contributed by atoms with Crippen molar-refractivity contribution in [1.82, 2.24) is 4.90 Å². The van der Waals surface area contributed by atoms with E-state index in [1.165, 1.54) is 26.0 Å². The molecule has 17 heteroatoms. The SMILES string of the molecule is CO[C@H]1C[C@@H]2CC[C@@H](C)[C@@](O)(O2)C(=O)C(=O)N2CCCC[C@H]2C(=O)O[C@H]([C@H](C)C[C@@H]2CC[C@@H](OC(=O)C(C)(CO)CO)[C@H](OC)C2)CC(=O)[C@H](C)/C=C(\C)[C@@H](OC(C)C)[C@@H](OC)C(=O)[C@H](C)C[C@H](C)/C=C/C=C/C=C/1C. The van der Waals surface area contributed by atoms with E-state index >= 15 is 0 Å². The molecule has 3 N–H and O–H groups in total. The van der Waals surface area contributed by atoms with Crippen molar-refractivity contribution in [2.24, 2.45) is 40.9 Å². The number of esters is 2. The van der Waals surface area contributed by atoms with Crippen LogP contribution in [0.2, 0.25) is 0 Å². The number of nitrogens with zero attached hydrogens (tertiary/aromatic N) is 1. The molecule has 0 spiro atoms. The molecule has 0 unspecified atom stereocenters. The van der Waals surface area contributed by atoms with Gasteiger partial charge in [0.1, 0.15) is 41.7 Å². The first kappa shape index (κ1) is 64.6. The minimum absolute atomic E-state index is 0.0258. The maximum Gasteiger partial charge on any atom is 0.329 e. The van der Waals surface area contributed by atoms with Crippen LogP contribution in [0.3, 0.4) is 0 Å². The van der Waals surface area contributed by atoms with E-state index in [0.29, 0.717) is 69.8 Å². The number of Topliss-reactive ketones (excluding diaryl/α,β-unsaturated/α-hetero) is 3. The normalized spacial score (nSPS) is 36.5. The van der Waals surface area contributed by atoms with Gasteiger partial charge in [-0.15, -0.1) is 0 Å². The van der Waals surface area contributed by atoms with Gasteiger partial charge in [0.05, 0.1) is 37.6 Å². The zero-order chi connectivity index (χ0) is 56.7. The van der Waals surface area contributed by atoms with Crippen LogP contribution in [-0.4, -0.2) is 157 Å². The van der Waals surface area contributed by atoms with E-state index in [4.69, 9.17) is 33.2 Å². The van der Waals surface area contributed by atoms with E-state index in [2.05, 4.69) is 0 Å². The summed E-state index contributed by atoms with van der Waals surface area (Å²) < 4.78 is 42.3. The number of rotatable bonds is 12. The highest BCUT2D eigenvalue weighted by atomic mass is 16.6. The van der Waals surface area contributed by atoms with Crippen LogP contribution >= 0.6 is 0 Å². The van der Waals surface area contributed by atoms with Crippen LogP contribution in [0.5, 0.6) is 0 Å². The molecule has 430 valence electrons. The number of piperidine rings is 1. The Morgan fingerprint density at radius 3 is 2.16 bits per heavy atom. The fraction of sp³-hybridized carbons (Fsp3) is 0.763. The van der Waals surface area contributed by atoms with E-state index in [-0.39, 0.29) is 48.9 Å². The molecular weight excluding hydrogens is 979 g/mol. The Labute approximate surface area is 452 Å². The first-order chi connectivity index (χ1) is 35.9. The Morgan fingerprint density at radius 1 is 0.829 bits per heavy atom. The third kappa shape index (κ3) is 17.0. The van der Waals surface area contributed by atoms with Crippen LogP contribution in [0.15, 0.2) is 47.6 Å². The van der Waals surface area contributed by atoms with Gasteiger partial charge < -0.3 is 53.4 Å². The molecule has 3 fully saturated rings. The predicted molar refractivity (Wildman–Crippen MR) is 285 cm³/mol. The van der Waals surface area contributed by atoms with Gasteiger partial charge in [0.15, 0.2) is 5.78 Å². The van der Waals surface area contributed by atoms with E-state index in [9.17, 15) is 44.1 Å². The maximum atomic E-state index is 14.7. The molecule has 0 aromatic heterocycles. The molecule has 4 aliphatic rings. The number of amides is 1. The van der Waals surface area contributed by atoms with Gasteiger partial charge in [-0.3, -0.25) is 24.0 Å². The van der Waals surface area contributed by atoms with Crippen molar-refractivity contribution in [3.05, 3.63) is 47.6 Å². The quantitative estimate of drug-likeness (QED) is 0.100. The Bertz CT molecular complexity index is 2080. The van der Waals surface area contributed by atoms with Crippen LogP contribution in [0.4, 0.5) is 0 Å². The molecule has 0 aromatic rings. The van der Waals surface area contributed by atoms with Crippen molar-refractivity contribution in [3.63, 3.8) is 0 Å². The van der Waals surface area contributed by atoms with Crippen LogP contribution in [0.1, 0.15) is 146 Å². The van der Waals surface area contributed by atoms with Crippen molar-refractivity contribution in [1.29, 1.82) is 0 Å². The molecular formula is C59H93NO16. The van der Waals surface area contributed by atoms with Gasteiger partial charge in [0.2, 0.25) is 5.79 Å². The summed E-state index contributed by atoms with van der Waals surface area (Å²) in [4.78, 5) is 86.5. The molecule has 2 bridgehead atoms. The summed E-state index contributed by atoms with van der Waals surface area (Å²) in [6.07, 6.45) is 10.8. The van der Waals surface area contributed by atoms with E-state index in [1.807, 2.05) is 78.8 Å². The van der Waals surface area contributed by atoms with Crippen molar-refractivity contribution in [3.8, 4) is 0 Å². The van der Waals surface area contributed by atoms with Crippen LogP contribution in [-0.2, 0) is 61.9 Å². The van der Waals surface area contributed by atoms with Crippen molar-refractivity contribution in [2.45, 2.75) is 207 Å². The molecule has 2 saturated heterocycles. The van der Waals surface area contributed by atoms with Gasteiger partial charge in [-0.25, -0.2) is 4.79 Å². The molecule has 1 aliphatic carbocycles. The standard InChI is InChI=1S/C59H93NO16/c1-35(2)73-52-41(8)28-38(5)46(63)32-49(39(6)29-43-23-25-47(50(30-43)71-12)75-57(68)58(10,33-61)34-62)74-56(67)45-21-17-18-26-60(45)55(66)54(65)59(69)42(9)22-24-44(76-59)31-48(70-11)37(4)20-16-14-15-19-36(3)27-40(7)51(64)53(52)72-13/h14-16,19-20,28,35-36,38-40,42-45,47-50,52-53,61-62,69H,17-18,21-27,29-34H2,1-13H3/b16-14+,19-15+,37-20+,41-28+/t36-,38-,39-,40-,42-,43+,44+,45+,47-,48+,49+,50-,52-,53+,59-/m1/s1. The van der Waals surface area contributed by atoms with E-state index in [1.54, 1.807) is 27.0 Å². The highest BCUT2D eigenvalue weighted by Gasteiger charge is 2.53. The predicted octanol–water partition coefficient (Wildman–Crippen LogP) is 7.16. The monoisotopic (exact) mass is 1070 g/mol. The highest BCUT2D eigenvalue weighted by Crippen LogP contribution is 2.39. The van der Waals surface area contributed by atoms with Crippen molar-refractivity contribution >= 4 is 35.2 Å². The molecule has 15 atom stereocenters. The number of ether oxygens (including phenoxy) is 7. The molecule has 0 aromatic carbocycles. The molecule has 17 nitrogen and oxygen atoms in total.